The number of nitrogens with one attached hydrogen (secondary N) is 3. The molecule has 0 aromatic heterocycles. The molecule has 0 bridgehead atoms. The molecule has 11 heteroatoms. The van der Waals surface area contributed by atoms with Crippen LogP contribution in [0.2, 0.25) is 10.0 Å². The van der Waals surface area contributed by atoms with Crippen LogP contribution in [0.5, 0.6) is 0 Å². The maximum atomic E-state index is 13.7. The third-order valence-corrected chi connectivity index (χ3v) is 9.03. The minimum Gasteiger partial charge on any atom is -0.366 e. The number of amides is 4. The quantitative estimate of drug-likeness (QED) is 0.0823. The standard InChI is InChI=1S/C37H28Cl2N4O4S/c38-29-19-9-15-25(32(29)39)21-31(43-35(45)24-13-5-2-6-14-24)36(46)41-26-16-10-17-27(22-26)48-33(23-11-3-1-4-12-23)37(47)42-30-20-8-7-18-28(30)34(40)44/h1-22,33H,(H2,40,44)(H,41,46)(H,42,47)(H,43,45)/b31-21+. The van der Waals surface area contributed by atoms with Crippen LogP contribution in [0.4, 0.5) is 11.4 Å². The zero-order chi connectivity index (χ0) is 34.0. The molecule has 0 aliphatic carbocycles. The molecule has 4 amide bonds. The predicted octanol–water partition coefficient (Wildman–Crippen LogP) is 7.97. The van der Waals surface area contributed by atoms with E-state index in [2.05, 4.69) is 16.0 Å². The van der Waals surface area contributed by atoms with Gasteiger partial charge in [-0.1, -0.05) is 102 Å². The predicted molar refractivity (Wildman–Crippen MR) is 192 cm³/mol. The van der Waals surface area contributed by atoms with Gasteiger partial charge in [0.05, 0.1) is 21.3 Å². The van der Waals surface area contributed by atoms with Crippen molar-refractivity contribution < 1.29 is 19.2 Å². The first kappa shape index (κ1) is 34.0. The summed E-state index contributed by atoms with van der Waals surface area (Å²) < 4.78 is 0. The van der Waals surface area contributed by atoms with E-state index < -0.39 is 23.0 Å². The summed E-state index contributed by atoms with van der Waals surface area (Å²) >= 11 is 13.8. The summed E-state index contributed by atoms with van der Waals surface area (Å²) in [6.45, 7) is 0. The van der Waals surface area contributed by atoms with E-state index >= 15 is 0 Å². The van der Waals surface area contributed by atoms with E-state index in [-0.39, 0.29) is 22.2 Å². The van der Waals surface area contributed by atoms with Crippen molar-refractivity contribution in [2.45, 2.75) is 10.1 Å². The van der Waals surface area contributed by atoms with Gasteiger partial charge in [0.15, 0.2) is 0 Å². The van der Waals surface area contributed by atoms with E-state index in [1.807, 2.05) is 30.3 Å². The Morgan fingerprint density at radius 2 is 1.40 bits per heavy atom. The van der Waals surface area contributed by atoms with Gasteiger partial charge in [0.2, 0.25) is 5.91 Å². The van der Waals surface area contributed by atoms with E-state index in [4.69, 9.17) is 28.9 Å². The number of carbonyl (C=O) groups is 4. The number of rotatable bonds is 11. The number of halogens is 2. The van der Waals surface area contributed by atoms with Crippen molar-refractivity contribution in [3.8, 4) is 0 Å². The maximum Gasteiger partial charge on any atom is 0.272 e. The zero-order valence-corrected chi connectivity index (χ0v) is 27.5. The van der Waals surface area contributed by atoms with Crippen molar-refractivity contribution in [1.82, 2.24) is 5.32 Å². The highest BCUT2D eigenvalue weighted by Crippen LogP contribution is 2.37. The maximum absolute atomic E-state index is 13.7. The lowest BCUT2D eigenvalue weighted by molar-refractivity contribution is -0.116. The molecule has 5 N–H and O–H groups in total. The molecule has 5 aromatic carbocycles. The van der Waals surface area contributed by atoms with Crippen LogP contribution in [0.25, 0.3) is 6.08 Å². The Bertz CT molecular complexity index is 2010. The molecule has 0 fully saturated rings. The smallest absolute Gasteiger partial charge is 0.272 e. The number of para-hydroxylation sites is 1. The van der Waals surface area contributed by atoms with Crippen LogP contribution in [0.1, 0.15) is 37.1 Å². The van der Waals surface area contributed by atoms with Crippen LogP contribution in [-0.4, -0.2) is 23.6 Å². The van der Waals surface area contributed by atoms with Crippen molar-refractivity contribution in [3.05, 3.63) is 165 Å². The minimum absolute atomic E-state index is 0.0688. The highest BCUT2D eigenvalue weighted by atomic mass is 35.5. The normalized spacial score (nSPS) is 11.7. The monoisotopic (exact) mass is 694 g/mol. The number of carbonyl (C=O) groups excluding carboxylic acids is 4. The molecule has 0 radical (unpaired) electrons. The van der Waals surface area contributed by atoms with Gasteiger partial charge in [-0.3, -0.25) is 19.2 Å². The summed E-state index contributed by atoms with van der Waals surface area (Å²) in [5.41, 5.74) is 7.86. The molecule has 240 valence electrons. The Morgan fingerprint density at radius 3 is 2.12 bits per heavy atom. The second-order valence-corrected chi connectivity index (χ2v) is 12.3. The van der Waals surface area contributed by atoms with Crippen molar-refractivity contribution in [2.24, 2.45) is 5.73 Å². The first-order chi connectivity index (χ1) is 23.2. The molecular formula is C37H28Cl2N4O4S. The molecule has 5 rings (SSSR count). The Balaban J connectivity index is 1.41. The second-order valence-electron chi connectivity index (χ2n) is 10.3. The van der Waals surface area contributed by atoms with Crippen LogP contribution in [0.3, 0.4) is 0 Å². The van der Waals surface area contributed by atoms with Gasteiger partial charge in [0, 0.05) is 16.1 Å². The summed E-state index contributed by atoms with van der Waals surface area (Å²) in [6, 6.07) is 36.1. The molecule has 0 heterocycles. The van der Waals surface area contributed by atoms with Gasteiger partial charge in [-0.2, -0.15) is 0 Å². The highest BCUT2D eigenvalue weighted by molar-refractivity contribution is 8.00. The Morgan fingerprint density at radius 1 is 0.729 bits per heavy atom. The van der Waals surface area contributed by atoms with Crippen molar-refractivity contribution in [1.29, 1.82) is 0 Å². The molecule has 5 aromatic rings. The number of thioether (sulfide) groups is 1. The lowest BCUT2D eigenvalue weighted by Gasteiger charge is -2.18. The molecule has 1 atom stereocenters. The first-order valence-electron chi connectivity index (χ1n) is 14.5. The van der Waals surface area contributed by atoms with E-state index in [0.29, 0.717) is 32.4 Å². The van der Waals surface area contributed by atoms with E-state index in [0.717, 1.165) is 5.56 Å². The molecule has 0 spiro atoms. The van der Waals surface area contributed by atoms with Gasteiger partial charge in [-0.05, 0) is 65.7 Å². The first-order valence-corrected chi connectivity index (χ1v) is 16.2. The van der Waals surface area contributed by atoms with Crippen LogP contribution in [-0.2, 0) is 9.59 Å². The molecule has 0 aliphatic heterocycles. The molecule has 8 nitrogen and oxygen atoms in total. The summed E-state index contributed by atoms with van der Waals surface area (Å²) in [6.07, 6.45) is 1.45. The van der Waals surface area contributed by atoms with Crippen LogP contribution < -0.4 is 21.7 Å². The fourth-order valence-electron chi connectivity index (χ4n) is 4.62. The summed E-state index contributed by atoms with van der Waals surface area (Å²) in [5.74, 6) is -2.14. The van der Waals surface area contributed by atoms with Crippen molar-refractivity contribution >= 4 is 76.0 Å². The molecular weight excluding hydrogens is 667 g/mol. The van der Waals surface area contributed by atoms with Gasteiger partial charge < -0.3 is 21.7 Å². The molecule has 0 aliphatic rings. The van der Waals surface area contributed by atoms with Gasteiger partial charge in [-0.25, -0.2) is 0 Å². The third kappa shape index (κ3) is 8.71. The van der Waals surface area contributed by atoms with E-state index in [1.54, 1.807) is 97.1 Å². The number of anilines is 2. The van der Waals surface area contributed by atoms with Crippen molar-refractivity contribution in [3.63, 3.8) is 0 Å². The van der Waals surface area contributed by atoms with Gasteiger partial charge in [0.25, 0.3) is 17.7 Å². The lowest BCUT2D eigenvalue weighted by atomic mass is 10.1. The number of hydrogen-bond donors (Lipinski definition) is 4. The fraction of sp³-hybridized carbons (Fsp3) is 0.0270. The molecule has 0 saturated carbocycles. The third-order valence-electron chi connectivity index (χ3n) is 6.95. The zero-order valence-electron chi connectivity index (χ0n) is 25.2. The van der Waals surface area contributed by atoms with Crippen LogP contribution >= 0.6 is 35.0 Å². The molecule has 1 unspecified atom stereocenters. The Kier molecular flexibility index (Phi) is 11.3. The van der Waals surface area contributed by atoms with Crippen LogP contribution in [0.15, 0.2) is 138 Å². The van der Waals surface area contributed by atoms with E-state index in [1.165, 1.54) is 17.8 Å². The molecule has 48 heavy (non-hydrogen) atoms. The number of benzene rings is 5. The van der Waals surface area contributed by atoms with Crippen molar-refractivity contribution in [2.75, 3.05) is 10.6 Å². The van der Waals surface area contributed by atoms with Crippen LogP contribution in [0, 0.1) is 0 Å². The number of nitrogens with two attached hydrogens (primary N) is 1. The van der Waals surface area contributed by atoms with Gasteiger partial charge in [-0.15, -0.1) is 11.8 Å². The van der Waals surface area contributed by atoms with Gasteiger partial charge >= 0.3 is 0 Å². The number of primary amides is 1. The second kappa shape index (κ2) is 16.0. The molecule has 0 saturated heterocycles. The SMILES string of the molecule is NC(=O)c1ccccc1NC(=O)C(Sc1cccc(NC(=O)/C(=C\c2cccc(Cl)c2Cl)NC(=O)c2ccccc2)c1)c1ccccc1. The largest absolute Gasteiger partial charge is 0.366 e. The van der Waals surface area contributed by atoms with E-state index in [9.17, 15) is 19.2 Å². The fourth-order valence-corrected chi connectivity index (χ4v) is 6.06. The highest BCUT2D eigenvalue weighted by Gasteiger charge is 2.24. The topological polar surface area (TPSA) is 130 Å². The average Bonchev–Trinajstić information content (AvgIpc) is 3.09. The van der Waals surface area contributed by atoms with Gasteiger partial charge in [0.1, 0.15) is 10.9 Å². The Labute approximate surface area is 291 Å². The summed E-state index contributed by atoms with van der Waals surface area (Å²) in [4.78, 5) is 53.0. The summed E-state index contributed by atoms with van der Waals surface area (Å²) in [7, 11) is 0. The summed E-state index contributed by atoms with van der Waals surface area (Å²) in [5, 5.41) is 8.14. The average molecular weight is 696 g/mol. The lowest BCUT2D eigenvalue weighted by Crippen LogP contribution is -2.30. The minimum atomic E-state index is -0.733. The number of hydrogen-bond acceptors (Lipinski definition) is 5. The Hall–Kier alpha value is -5.35.